The van der Waals surface area contributed by atoms with Gasteiger partial charge in [-0.05, 0) is 30.7 Å². The third-order valence-corrected chi connectivity index (χ3v) is 2.93. The molecule has 0 spiro atoms. The number of halogens is 2. The Balaban J connectivity index is 2.19. The van der Waals surface area contributed by atoms with E-state index in [-0.39, 0.29) is 0 Å². The molecule has 0 radical (unpaired) electrons. The Labute approximate surface area is 123 Å². The first kappa shape index (κ1) is 15.5. The van der Waals surface area contributed by atoms with Gasteiger partial charge in [-0.15, -0.1) is 0 Å². The van der Waals surface area contributed by atoms with Crippen molar-refractivity contribution in [3.63, 3.8) is 0 Å². The molecule has 21 heavy (non-hydrogen) atoms. The van der Waals surface area contributed by atoms with E-state index < -0.39 is 11.6 Å². The fourth-order valence-electron chi connectivity index (χ4n) is 2.07. The third kappa shape index (κ3) is 4.86. The number of nitrogens with zero attached hydrogens (tertiary/aromatic N) is 2. The minimum Gasteiger partial charge on any atom is -0.309 e. The Bertz CT molecular complexity index is 607. The van der Waals surface area contributed by atoms with E-state index in [1.54, 1.807) is 0 Å². The number of nitrogens with one attached hydrogen (secondary N) is 1. The second kappa shape index (κ2) is 6.72. The fourth-order valence-corrected chi connectivity index (χ4v) is 2.07. The van der Waals surface area contributed by atoms with Crippen LogP contribution in [0.4, 0.5) is 8.78 Å². The maximum Gasteiger partial charge on any atom is 0.133 e. The lowest BCUT2D eigenvalue weighted by atomic mass is 10.1. The van der Waals surface area contributed by atoms with Crippen LogP contribution in [0.1, 0.15) is 36.6 Å². The number of benzene rings is 1. The molecule has 1 N–H and O–H groups in total. The van der Waals surface area contributed by atoms with Crippen molar-refractivity contribution in [1.29, 1.82) is 0 Å². The van der Waals surface area contributed by atoms with E-state index in [0.717, 1.165) is 17.5 Å². The topological polar surface area (TPSA) is 37.8 Å². The standard InChI is InChI=1S/C16H19F2N3/c1-10(2)19-9-15-4-11(3)20-16(21-15)7-12-5-13(17)8-14(18)6-12/h4-6,8,10,19H,7,9H2,1-3H3. The van der Waals surface area contributed by atoms with Crippen molar-refractivity contribution in [3.05, 3.63) is 58.7 Å². The maximum atomic E-state index is 13.2. The van der Waals surface area contributed by atoms with E-state index in [0.29, 0.717) is 30.4 Å². The first-order valence-corrected chi connectivity index (χ1v) is 6.94. The highest BCUT2D eigenvalue weighted by atomic mass is 19.1. The first-order chi connectivity index (χ1) is 9.92. The SMILES string of the molecule is Cc1cc(CNC(C)C)nc(Cc2cc(F)cc(F)c2)n1. The van der Waals surface area contributed by atoms with Crippen LogP contribution >= 0.6 is 0 Å². The van der Waals surface area contributed by atoms with Crippen molar-refractivity contribution < 1.29 is 8.78 Å². The molecule has 1 aromatic heterocycles. The van der Waals surface area contributed by atoms with Crippen molar-refractivity contribution in [2.24, 2.45) is 0 Å². The zero-order valence-electron chi connectivity index (χ0n) is 12.5. The number of hydrogen-bond donors (Lipinski definition) is 1. The molecule has 0 aliphatic rings. The molecule has 0 saturated carbocycles. The van der Waals surface area contributed by atoms with Crippen LogP contribution in [-0.2, 0) is 13.0 Å². The third-order valence-electron chi connectivity index (χ3n) is 2.93. The summed E-state index contributed by atoms with van der Waals surface area (Å²) in [5, 5.41) is 3.29. The normalized spacial score (nSPS) is 11.1. The highest BCUT2D eigenvalue weighted by Gasteiger charge is 2.07. The van der Waals surface area contributed by atoms with Gasteiger partial charge in [-0.2, -0.15) is 0 Å². The van der Waals surface area contributed by atoms with Gasteiger partial charge in [0.05, 0.1) is 5.69 Å². The van der Waals surface area contributed by atoms with Crippen LogP contribution < -0.4 is 5.32 Å². The van der Waals surface area contributed by atoms with E-state index in [1.165, 1.54) is 12.1 Å². The average Bonchev–Trinajstić information content (AvgIpc) is 2.34. The Kier molecular flexibility index (Phi) is 4.96. The van der Waals surface area contributed by atoms with Gasteiger partial charge in [0, 0.05) is 30.8 Å². The Morgan fingerprint density at radius 2 is 1.71 bits per heavy atom. The minimum atomic E-state index is -0.584. The lowest BCUT2D eigenvalue weighted by Gasteiger charge is -2.10. The smallest absolute Gasteiger partial charge is 0.133 e. The number of aryl methyl sites for hydroxylation is 1. The first-order valence-electron chi connectivity index (χ1n) is 6.94. The molecule has 0 aliphatic heterocycles. The van der Waals surface area contributed by atoms with Crippen LogP contribution in [-0.4, -0.2) is 16.0 Å². The van der Waals surface area contributed by atoms with E-state index in [2.05, 4.69) is 29.1 Å². The summed E-state index contributed by atoms with van der Waals surface area (Å²) in [5.74, 6) is -0.598. The van der Waals surface area contributed by atoms with Crippen LogP contribution in [0, 0.1) is 18.6 Å². The van der Waals surface area contributed by atoms with Gasteiger partial charge in [-0.25, -0.2) is 18.7 Å². The van der Waals surface area contributed by atoms with E-state index in [1.807, 2.05) is 13.0 Å². The van der Waals surface area contributed by atoms with Crippen molar-refractivity contribution in [2.45, 2.75) is 39.8 Å². The van der Waals surface area contributed by atoms with Crippen molar-refractivity contribution in [2.75, 3.05) is 0 Å². The monoisotopic (exact) mass is 291 g/mol. The second-order valence-electron chi connectivity index (χ2n) is 5.41. The van der Waals surface area contributed by atoms with E-state index in [4.69, 9.17) is 0 Å². The molecule has 5 heteroatoms. The van der Waals surface area contributed by atoms with E-state index in [9.17, 15) is 8.78 Å². The molecule has 2 rings (SSSR count). The molecule has 0 unspecified atom stereocenters. The average molecular weight is 291 g/mol. The molecule has 0 saturated heterocycles. The Morgan fingerprint density at radius 1 is 1.05 bits per heavy atom. The summed E-state index contributed by atoms with van der Waals surface area (Å²) in [7, 11) is 0. The summed E-state index contributed by atoms with van der Waals surface area (Å²) in [6.07, 6.45) is 0.311. The second-order valence-corrected chi connectivity index (χ2v) is 5.41. The van der Waals surface area contributed by atoms with Crippen molar-refractivity contribution >= 4 is 0 Å². The van der Waals surface area contributed by atoms with Crippen LogP contribution in [0.2, 0.25) is 0 Å². The van der Waals surface area contributed by atoms with Gasteiger partial charge in [-0.3, -0.25) is 0 Å². The minimum absolute atomic E-state index is 0.311. The molecule has 0 bridgehead atoms. The summed E-state index contributed by atoms with van der Waals surface area (Å²) in [5.41, 5.74) is 2.25. The summed E-state index contributed by atoms with van der Waals surface area (Å²) in [6.45, 7) is 6.65. The van der Waals surface area contributed by atoms with Crippen LogP contribution in [0.3, 0.4) is 0 Å². The van der Waals surface area contributed by atoms with Gasteiger partial charge >= 0.3 is 0 Å². The lowest BCUT2D eigenvalue weighted by molar-refractivity contribution is 0.576. The van der Waals surface area contributed by atoms with Crippen molar-refractivity contribution in [1.82, 2.24) is 15.3 Å². The lowest BCUT2D eigenvalue weighted by Crippen LogP contribution is -2.23. The van der Waals surface area contributed by atoms with Gasteiger partial charge in [0.1, 0.15) is 17.5 Å². The summed E-state index contributed by atoms with van der Waals surface area (Å²) in [4.78, 5) is 8.77. The van der Waals surface area contributed by atoms with Crippen molar-refractivity contribution in [3.8, 4) is 0 Å². The van der Waals surface area contributed by atoms with Crippen LogP contribution in [0.5, 0.6) is 0 Å². The fraction of sp³-hybridized carbons (Fsp3) is 0.375. The molecule has 0 aliphatic carbocycles. The zero-order chi connectivity index (χ0) is 15.4. The number of rotatable bonds is 5. The molecule has 0 fully saturated rings. The molecule has 1 aromatic carbocycles. The zero-order valence-corrected chi connectivity index (χ0v) is 12.5. The molecule has 1 heterocycles. The number of aromatic nitrogens is 2. The van der Waals surface area contributed by atoms with Gasteiger partial charge in [0.15, 0.2) is 0 Å². The van der Waals surface area contributed by atoms with Gasteiger partial charge in [-0.1, -0.05) is 13.8 Å². The summed E-state index contributed by atoms with van der Waals surface area (Å²) >= 11 is 0. The van der Waals surface area contributed by atoms with E-state index >= 15 is 0 Å². The molecule has 0 atom stereocenters. The van der Waals surface area contributed by atoms with Crippen LogP contribution in [0.25, 0.3) is 0 Å². The molecule has 0 amide bonds. The Morgan fingerprint density at radius 3 is 2.33 bits per heavy atom. The summed E-state index contributed by atoms with van der Waals surface area (Å²) < 4.78 is 26.4. The largest absolute Gasteiger partial charge is 0.309 e. The molecule has 112 valence electrons. The predicted molar refractivity (Wildman–Crippen MR) is 77.9 cm³/mol. The predicted octanol–water partition coefficient (Wildman–Crippen LogP) is 3.15. The quantitative estimate of drug-likeness (QED) is 0.919. The summed E-state index contributed by atoms with van der Waals surface area (Å²) in [6, 6.07) is 5.74. The number of hydrogen-bond acceptors (Lipinski definition) is 3. The molecular formula is C16H19F2N3. The van der Waals surface area contributed by atoms with Gasteiger partial charge in [0.2, 0.25) is 0 Å². The maximum absolute atomic E-state index is 13.2. The Hall–Kier alpha value is -1.88. The highest BCUT2D eigenvalue weighted by Crippen LogP contribution is 2.12. The van der Waals surface area contributed by atoms with Crippen LogP contribution in [0.15, 0.2) is 24.3 Å². The van der Waals surface area contributed by atoms with Gasteiger partial charge in [0.25, 0.3) is 0 Å². The van der Waals surface area contributed by atoms with Gasteiger partial charge < -0.3 is 5.32 Å². The highest BCUT2D eigenvalue weighted by molar-refractivity contribution is 5.22. The molecule has 2 aromatic rings. The molecule has 3 nitrogen and oxygen atoms in total. The molecular weight excluding hydrogens is 272 g/mol.